The molecule has 1 fully saturated rings. The number of nitrogens with one attached hydrogen (secondary N) is 1. The van der Waals surface area contributed by atoms with Gasteiger partial charge in [-0.05, 0) is 55.8 Å². The number of benzene rings is 3. The summed E-state index contributed by atoms with van der Waals surface area (Å²) in [6.07, 6.45) is 4.74. The van der Waals surface area contributed by atoms with E-state index in [-0.39, 0.29) is 0 Å². The van der Waals surface area contributed by atoms with E-state index in [2.05, 4.69) is 52.7 Å². The summed E-state index contributed by atoms with van der Waals surface area (Å²) in [5.41, 5.74) is 1.27. The Hall–Kier alpha value is -2.52. The predicted octanol–water partition coefficient (Wildman–Crippen LogP) is 5.58. The summed E-state index contributed by atoms with van der Waals surface area (Å²) in [5, 5.41) is 6.43. The molecule has 4 rings (SSSR count). The van der Waals surface area contributed by atoms with Crippen molar-refractivity contribution in [3.8, 4) is 5.75 Å². The minimum Gasteiger partial charge on any atom is -0.494 e. The minimum absolute atomic E-state index is 0.573. The number of nitrogens with zero attached hydrogens (tertiary/aromatic N) is 1. The van der Waals surface area contributed by atoms with E-state index in [0.29, 0.717) is 6.04 Å². The molecule has 3 heteroatoms. The maximum absolute atomic E-state index is 5.79. The molecule has 3 aromatic carbocycles. The van der Waals surface area contributed by atoms with Crippen LogP contribution in [0.5, 0.6) is 5.75 Å². The molecule has 1 aliphatic heterocycles. The van der Waals surface area contributed by atoms with Gasteiger partial charge in [-0.1, -0.05) is 54.6 Å². The third kappa shape index (κ3) is 5.05. The molecule has 1 heterocycles. The van der Waals surface area contributed by atoms with Gasteiger partial charge in [0.2, 0.25) is 0 Å². The number of piperidine rings is 1. The molecule has 0 unspecified atom stereocenters. The molecule has 1 saturated heterocycles. The van der Waals surface area contributed by atoms with Crippen LogP contribution in [0, 0.1) is 0 Å². The van der Waals surface area contributed by atoms with E-state index < -0.39 is 0 Å². The molecule has 146 valence electrons. The molecular weight excluding hydrogens is 344 g/mol. The van der Waals surface area contributed by atoms with Gasteiger partial charge in [-0.2, -0.15) is 0 Å². The molecule has 28 heavy (non-hydrogen) atoms. The van der Waals surface area contributed by atoms with Gasteiger partial charge in [0, 0.05) is 30.2 Å². The largest absolute Gasteiger partial charge is 0.494 e. The zero-order valence-electron chi connectivity index (χ0n) is 16.5. The van der Waals surface area contributed by atoms with Crippen molar-refractivity contribution >= 4 is 16.5 Å². The van der Waals surface area contributed by atoms with E-state index in [1.165, 1.54) is 55.4 Å². The Bertz CT molecular complexity index is 851. The molecule has 0 aliphatic carbocycles. The average Bonchev–Trinajstić information content (AvgIpc) is 2.76. The van der Waals surface area contributed by atoms with Crippen LogP contribution in [-0.2, 0) is 0 Å². The Kier molecular flexibility index (Phi) is 6.46. The summed E-state index contributed by atoms with van der Waals surface area (Å²) < 4.78 is 5.79. The number of fused-ring (bicyclic) bond motifs is 1. The van der Waals surface area contributed by atoms with Crippen molar-refractivity contribution in [2.24, 2.45) is 0 Å². The van der Waals surface area contributed by atoms with Crippen LogP contribution in [0.15, 0.2) is 72.8 Å². The van der Waals surface area contributed by atoms with E-state index in [0.717, 1.165) is 18.8 Å². The van der Waals surface area contributed by atoms with Gasteiger partial charge in [-0.3, -0.25) is 0 Å². The van der Waals surface area contributed by atoms with Crippen LogP contribution >= 0.6 is 0 Å². The van der Waals surface area contributed by atoms with Crippen LogP contribution < -0.4 is 10.1 Å². The Morgan fingerprint density at radius 2 is 1.57 bits per heavy atom. The van der Waals surface area contributed by atoms with Crippen LogP contribution in [0.2, 0.25) is 0 Å². The summed E-state index contributed by atoms with van der Waals surface area (Å²) in [6.45, 7) is 4.35. The van der Waals surface area contributed by atoms with Gasteiger partial charge >= 0.3 is 0 Å². The molecule has 0 amide bonds. The summed E-state index contributed by atoms with van der Waals surface area (Å²) >= 11 is 0. The summed E-state index contributed by atoms with van der Waals surface area (Å²) in [6, 6.07) is 25.8. The smallest absolute Gasteiger partial charge is 0.119 e. The van der Waals surface area contributed by atoms with Gasteiger partial charge in [-0.25, -0.2) is 0 Å². The van der Waals surface area contributed by atoms with Crippen molar-refractivity contribution in [2.75, 3.05) is 31.6 Å². The number of likely N-dealkylation sites (tertiary alicyclic amines) is 1. The topological polar surface area (TPSA) is 24.5 Å². The monoisotopic (exact) mass is 374 g/mol. The molecular formula is C25H30N2O. The molecule has 3 nitrogen and oxygen atoms in total. The maximum atomic E-state index is 5.79. The van der Waals surface area contributed by atoms with Crippen LogP contribution in [0.4, 0.5) is 5.69 Å². The fraction of sp³-hybridized carbons (Fsp3) is 0.360. The van der Waals surface area contributed by atoms with Crippen molar-refractivity contribution in [3.63, 3.8) is 0 Å². The summed E-state index contributed by atoms with van der Waals surface area (Å²) in [5.74, 6) is 0.975. The van der Waals surface area contributed by atoms with Crippen LogP contribution in [0.25, 0.3) is 10.8 Å². The van der Waals surface area contributed by atoms with E-state index in [1.54, 1.807) is 0 Å². The summed E-state index contributed by atoms with van der Waals surface area (Å²) in [4.78, 5) is 2.60. The number of para-hydroxylation sites is 1. The first kappa shape index (κ1) is 18.8. The molecule has 0 bridgehead atoms. The molecule has 3 aromatic rings. The van der Waals surface area contributed by atoms with Crippen LogP contribution in [0.1, 0.15) is 25.7 Å². The second kappa shape index (κ2) is 9.61. The number of rotatable bonds is 8. The first-order valence-electron chi connectivity index (χ1n) is 10.5. The number of anilines is 1. The van der Waals surface area contributed by atoms with Crippen molar-refractivity contribution in [3.05, 3.63) is 72.8 Å². The van der Waals surface area contributed by atoms with Crippen molar-refractivity contribution < 1.29 is 4.74 Å². The van der Waals surface area contributed by atoms with Gasteiger partial charge in [0.25, 0.3) is 0 Å². The van der Waals surface area contributed by atoms with E-state index in [1.807, 2.05) is 30.3 Å². The minimum atomic E-state index is 0.573. The predicted molar refractivity (Wildman–Crippen MR) is 118 cm³/mol. The molecule has 1 N–H and O–H groups in total. The quantitative estimate of drug-likeness (QED) is 0.521. The van der Waals surface area contributed by atoms with E-state index in [4.69, 9.17) is 4.74 Å². The van der Waals surface area contributed by atoms with E-state index >= 15 is 0 Å². The third-order valence-corrected chi connectivity index (χ3v) is 5.62. The fourth-order valence-electron chi connectivity index (χ4n) is 4.02. The Morgan fingerprint density at radius 3 is 2.43 bits per heavy atom. The van der Waals surface area contributed by atoms with Gasteiger partial charge in [0.1, 0.15) is 5.75 Å². The van der Waals surface area contributed by atoms with Crippen LogP contribution in [0.3, 0.4) is 0 Å². The normalized spacial score (nSPS) is 15.6. The Balaban J connectivity index is 1.17. The highest BCUT2D eigenvalue weighted by molar-refractivity contribution is 5.93. The van der Waals surface area contributed by atoms with Gasteiger partial charge < -0.3 is 15.0 Å². The summed E-state index contributed by atoms with van der Waals surface area (Å²) in [7, 11) is 0. The third-order valence-electron chi connectivity index (χ3n) is 5.62. The number of unbranched alkanes of at least 4 members (excludes halogenated alkanes) is 1. The lowest BCUT2D eigenvalue weighted by atomic mass is 10.0. The van der Waals surface area contributed by atoms with Crippen molar-refractivity contribution in [2.45, 2.75) is 31.7 Å². The molecule has 1 aliphatic rings. The lowest BCUT2D eigenvalue weighted by molar-refractivity contribution is 0.208. The zero-order valence-corrected chi connectivity index (χ0v) is 16.5. The zero-order chi connectivity index (χ0) is 19.0. The second-order valence-corrected chi connectivity index (χ2v) is 7.66. The molecule has 0 atom stereocenters. The number of hydrogen-bond donors (Lipinski definition) is 1. The molecule has 0 saturated carbocycles. The highest BCUT2D eigenvalue weighted by Crippen LogP contribution is 2.25. The lowest BCUT2D eigenvalue weighted by Crippen LogP contribution is -2.39. The number of hydrogen-bond acceptors (Lipinski definition) is 3. The SMILES string of the molecule is c1ccc(OCCCCN2CCC(Nc3cccc4ccccc34)CC2)cc1. The lowest BCUT2D eigenvalue weighted by Gasteiger charge is -2.33. The Labute approximate surface area is 168 Å². The van der Waals surface area contributed by atoms with Gasteiger partial charge in [-0.15, -0.1) is 0 Å². The average molecular weight is 375 g/mol. The molecule has 0 aromatic heterocycles. The fourth-order valence-corrected chi connectivity index (χ4v) is 4.02. The van der Waals surface area contributed by atoms with Gasteiger partial charge in [0.05, 0.1) is 6.61 Å². The molecule has 0 radical (unpaired) electrons. The molecule has 0 spiro atoms. The second-order valence-electron chi connectivity index (χ2n) is 7.66. The highest BCUT2D eigenvalue weighted by atomic mass is 16.5. The Morgan fingerprint density at radius 1 is 0.821 bits per heavy atom. The standard InChI is InChI=1S/C25H30N2O/c1-2-11-23(12-3-1)28-20-7-6-17-27-18-15-22(16-19-27)26-25-14-8-10-21-9-4-5-13-24(21)25/h1-5,8-14,22,26H,6-7,15-20H2. The van der Waals surface area contributed by atoms with Crippen molar-refractivity contribution in [1.29, 1.82) is 0 Å². The number of ether oxygens (including phenoxy) is 1. The first-order chi connectivity index (χ1) is 13.9. The van der Waals surface area contributed by atoms with Crippen molar-refractivity contribution in [1.82, 2.24) is 4.90 Å². The van der Waals surface area contributed by atoms with Crippen LogP contribution in [-0.4, -0.2) is 37.2 Å². The van der Waals surface area contributed by atoms with Gasteiger partial charge in [0.15, 0.2) is 0 Å². The highest BCUT2D eigenvalue weighted by Gasteiger charge is 2.19. The first-order valence-corrected chi connectivity index (χ1v) is 10.5. The van der Waals surface area contributed by atoms with E-state index in [9.17, 15) is 0 Å². The maximum Gasteiger partial charge on any atom is 0.119 e.